The molecule has 1 aliphatic heterocycles. The summed E-state index contributed by atoms with van der Waals surface area (Å²) in [6.07, 6.45) is 0.725. The Bertz CT molecular complexity index is 311. The minimum Gasteiger partial charge on any atom is -0.467 e. The fourth-order valence-corrected chi connectivity index (χ4v) is 1.58. The van der Waals surface area contributed by atoms with Crippen LogP contribution < -0.4 is 5.32 Å². The number of rotatable bonds is 1. The lowest BCUT2D eigenvalue weighted by Gasteiger charge is -2.07. The largest absolute Gasteiger partial charge is 0.467 e. The van der Waals surface area contributed by atoms with Gasteiger partial charge in [-0.15, -0.1) is 0 Å². The summed E-state index contributed by atoms with van der Waals surface area (Å²) in [6.45, 7) is 4.00. The molecule has 0 aromatic heterocycles. The van der Waals surface area contributed by atoms with Crippen LogP contribution >= 0.6 is 0 Å². The van der Waals surface area contributed by atoms with Crippen LogP contribution in [0.5, 0.6) is 0 Å². The number of methoxy groups -OCH3 is 1. The van der Waals surface area contributed by atoms with Crippen molar-refractivity contribution in [2.45, 2.75) is 26.3 Å². The van der Waals surface area contributed by atoms with Crippen molar-refractivity contribution in [2.24, 2.45) is 0 Å². The Morgan fingerprint density at radius 1 is 1.40 bits per heavy atom. The third-order valence-electron chi connectivity index (χ3n) is 2.26. The molecule has 1 aromatic carbocycles. The summed E-state index contributed by atoms with van der Waals surface area (Å²) in [5.74, 6) is -0.198. The summed E-state index contributed by atoms with van der Waals surface area (Å²) in [5, 5.41) is 3.11. The zero-order valence-electron chi connectivity index (χ0n) is 9.41. The SMILES string of the molecule is CC.COC(=O)C1Cc2ccccc2N1. The number of nitrogens with one attached hydrogen (secondary N) is 1. The van der Waals surface area contributed by atoms with Crippen LogP contribution in [-0.2, 0) is 16.0 Å². The van der Waals surface area contributed by atoms with Crippen LogP contribution in [0.1, 0.15) is 19.4 Å². The first-order chi connectivity index (χ1) is 7.31. The van der Waals surface area contributed by atoms with Gasteiger partial charge < -0.3 is 10.1 Å². The molecular formula is C12H17NO2. The van der Waals surface area contributed by atoms with Gasteiger partial charge in [0.15, 0.2) is 0 Å². The van der Waals surface area contributed by atoms with E-state index in [-0.39, 0.29) is 12.0 Å². The number of carbonyl (C=O) groups excluding carboxylic acids is 1. The number of fused-ring (bicyclic) bond motifs is 1. The Hall–Kier alpha value is -1.51. The molecule has 3 heteroatoms. The fraction of sp³-hybridized carbons (Fsp3) is 0.417. The number of benzene rings is 1. The van der Waals surface area contributed by atoms with Crippen molar-refractivity contribution in [3.05, 3.63) is 29.8 Å². The van der Waals surface area contributed by atoms with Gasteiger partial charge in [-0.05, 0) is 11.6 Å². The average Bonchev–Trinajstić information content (AvgIpc) is 2.74. The monoisotopic (exact) mass is 207 g/mol. The molecule has 0 bridgehead atoms. The van der Waals surface area contributed by atoms with E-state index in [1.165, 1.54) is 12.7 Å². The Kier molecular flexibility index (Phi) is 4.16. The molecule has 0 spiro atoms. The van der Waals surface area contributed by atoms with Gasteiger partial charge in [0.2, 0.25) is 0 Å². The maximum absolute atomic E-state index is 11.2. The van der Waals surface area contributed by atoms with E-state index in [1.807, 2.05) is 38.1 Å². The molecule has 1 aromatic rings. The molecule has 1 N–H and O–H groups in total. The molecule has 0 radical (unpaired) electrons. The van der Waals surface area contributed by atoms with E-state index in [9.17, 15) is 4.79 Å². The molecule has 1 atom stereocenters. The summed E-state index contributed by atoms with van der Waals surface area (Å²) in [5.41, 5.74) is 2.22. The summed E-state index contributed by atoms with van der Waals surface area (Å²) in [7, 11) is 1.41. The number of ether oxygens (including phenoxy) is 1. The number of anilines is 1. The zero-order valence-corrected chi connectivity index (χ0v) is 9.41. The number of carbonyl (C=O) groups is 1. The lowest BCUT2D eigenvalue weighted by molar-refractivity contribution is -0.141. The second kappa shape index (κ2) is 5.39. The van der Waals surface area contributed by atoms with E-state index in [1.54, 1.807) is 0 Å². The first-order valence-electron chi connectivity index (χ1n) is 5.23. The van der Waals surface area contributed by atoms with Gasteiger partial charge in [-0.25, -0.2) is 4.79 Å². The lowest BCUT2D eigenvalue weighted by atomic mass is 10.1. The van der Waals surface area contributed by atoms with Gasteiger partial charge in [-0.2, -0.15) is 0 Å². The van der Waals surface area contributed by atoms with Crippen molar-refractivity contribution >= 4 is 11.7 Å². The topological polar surface area (TPSA) is 38.3 Å². The van der Waals surface area contributed by atoms with E-state index in [2.05, 4.69) is 10.1 Å². The van der Waals surface area contributed by atoms with Crippen molar-refractivity contribution in [2.75, 3.05) is 12.4 Å². The van der Waals surface area contributed by atoms with Crippen molar-refractivity contribution in [3.8, 4) is 0 Å². The molecule has 2 rings (SSSR count). The summed E-state index contributed by atoms with van der Waals surface area (Å²) in [6, 6.07) is 7.71. The molecule has 82 valence electrons. The standard InChI is InChI=1S/C10H11NO2.C2H6/c1-13-10(12)9-6-7-4-2-3-5-8(7)11-9;1-2/h2-5,9,11H,6H2,1H3;1-2H3. The number of hydrogen-bond acceptors (Lipinski definition) is 3. The van der Waals surface area contributed by atoms with E-state index in [0.29, 0.717) is 0 Å². The fourth-order valence-electron chi connectivity index (χ4n) is 1.58. The van der Waals surface area contributed by atoms with Gasteiger partial charge in [0.05, 0.1) is 7.11 Å². The van der Waals surface area contributed by atoms with Crippen LogP contribution in [-0.4, -0.2) is 19.1 Å². The molecule has 0 fully saturated rings. The Morgan fingerprint density at radius 3 is 2.67 bits per heavy atom. The third kappa shape index (κ3) is 2.49. The number of hydrogen-bond donors (Lipinski definition) is 1. The maximum Gasteiger partial charge on any atom is 0.328 e. The summed E-state index contributed by atoms with van der Waals surface area (Å²) >= 11 is 0. The van der Waals surface area contributed by atoms with Crippen LogP contribution in [0.15, 0.2) is 24.3 Å². The van der Waals surface area contributed by atoms with Crippen molar-refractivity contribution in [1.29, 1.82) is 0 Å². The van der Waals surface area contributed by atoms with Gasteiger partial charge >= 0.3 is 5.97 Å². The quantitative estimate of drug-likeness (QED) is 0.718. The molecule has 3 nitrogen and oxygen atoms in total. The minimum absolute atomic E-state index is 0.198. The molecule has 0 saturated carbocycles. The van der Waals surface area contributed by atoms with Crippen LogP contribution in [0.25, 0.3) is 0 Å². The third-order valence-corrected chi connectivity index (χ3v) is 2.26. The molecule has 15 heavy (non-hydrogen) atoms. The Labute approximate surface area is 90.4 Å². The molecule has 0 aliphatic carbocycles. The Morgan fingerprint density at radius 2 is 2.07 bits per heavy atom. The predicted molar refractivity (Wildman–Crippen MR) is 60.9 cm³/mol. The van der Waals surface area contributed by atoms with Crippen LogP contribution in [0.3, 0.4) is 0 Å². The maximum atomic E-state index is 11.2. The highest BCUT2D eigenvalue weighted by Gasteiger charge is 2.26. The zero-order chi connectivity index (χ0) is 11.3. The van der Waals surface area contributed by atoms with Gasteiger partial charge in [0.1, 0.15) is 6.04 Å². The van der Waals surface area contributed by atoms with Crippen LogP contribution in [0, 0.1) is 0 Å². The molecule has 1 heterocycles. The summed E-state index contributed by atoms with van der Waals surface area (Å²) in [4.78, 5) is 11.2. The number of esters is 1. The second-order valence-corrected chi connectivity index (χ2v) is 3.08. The first-order valence-corrected chi connectivity index (χ1v) is 5.23. The predicted octanol–water partition coefficient (Wildman–Crippen LogP) is 2.22. The van der Waals surface area contributed by atoms with Crippen molar-refractivity contribution < 1.29 is 9.53 Å². The summed E-state index contributed by atoms with van der Waals surface area (Å²) < 4.78 is 4.66. The lowest BCUT2D eigenvalue weighted by Crippen LogP contribution is -2.27. The van der Waals surface area contributed by atoms with Gasteiger partial charge in [-0.3, -0.25) is 0 Å². The van der Waals surface area contributed by atoms with E-state index < -0.39 is 0 Å². The van der Waals surface area contributed by atoms with Crippen molar-refractivity contribution in [3.63, 3.8) is 0 Å². The van der Waals surface area contributed by atoms with Crippen LogP contribution in [0.2, 0.25) is 0 Å². The first kappa shape index (κ1) is 11.6. The van der Waals surface area contributed by atoms with Gasteiger partial charge in [0, 0.05) is 12.1 Å². The van der Waals surface area contributed by atoms with Crippen molar-refractivity contribution in [1.82, 2.24) is 0 Å². The average molecular weight is 207 g/mol. The highest BCUT2D eigenvalue weighted by molar-refractivity contribution is 5.82. The molecular weight excluding hydrogens is 190 g/mol. The molecule has 0 amide bonds. The van der Waals surface area contributed by atoms with Crippen LogP contribution in [0.4, 0.5) is 5.69 Å². The van der Waals surface area contributed by atoms with E-state index in [4.69, 9.17) is 0 Å². The van der Waals surface area contributed by atoms with E-state index >= 15 is 0 Å². The van der Waals surface area contributed by atoms with Gasteiger partial charge in [-0.1, -0.05) is 32.0 Å². The second-order valence-electron chi connectivity index (χ2n) is 3.08. The minimum atomic E-state index is -0.206. The Balaban J connectivity index is 0.000000531. The highest BCUT2D eigenvalue weighted by atomic mass is 16.5. The highest BCUT2D eigenvalue weighted by Crippen LogP contribution is 2.25. The normalized spacial score (nSPS) is 16.9. The molecule has 1 aliphatic rings. The smallest absolute Gasteiger partial charge is 0.328 e. The molecule has 1 unspecified atom stereocenters. The molecule has 0 saturated heterocycles. The van der Waals surface area contributed by atoms with E-state index in [0.717, 1.165) is 12.1 Å². The number of para-hydroxylation sites is 1. The van der Waals surface area contributed by atoms with Gasteiger partial charge in [0.25, 0.3) is 0 Å².